The highest BCUT2D eigenvalue weighted by molar-refractivity contribution is 7.86. The van der Waals surface area contributed by atoms with Crippen LogP contribution in [0.3, 0.4) is 0 Å². The highest BCUT2D eigenvalue weighted by atomic mass is 32.2. The topological polar surface area (TPSA) is 40.6 Å². The second-order valence-corrected chi connectivity index (χ2v) is 7.58. The van der Waals surface area contributed by atoms with E-state index in [2.05, 4.69) is 20.4 Å². The van der Waals surface area contributed by atoms with Crippen molar-refractivity contribution in [2.24, 2.45) is 11.8 Å². The molecule has 0 radical (unpaired) electrons. The van der Waals surface area contributed by atoms with Crippen LogP contribution in [0.2, 0.25) is 0 Å². The van der Waals surface area contributed by atoms with Crippen LogP contribution in [0.4, 0.5) is 0 Å². The number of piperidine rings is 1. The lowest BCUT2D eigenvalue weighted by Crippen LogP contribution is -2.49. The molecule has 0 saturated carbocycles. The Morgan fingerprint density at radius 2 is 1.83 bits per heavy atom. The van der Waals surface area contributed by atoms with Gasteiger partial charge in [0.1, 0.15) is 0 Å². The third-order valence-electron chi connectivity index (χ3n) is 3.29. The van der Waals surface area contributed by atoms with Crippen LogP contribution < -0.4 is 0 Å². The molecule has 2 unspecified atom stereocenters. The molecule has 106 valence electrons. The van der Waals surface area contributed by atoms with Crippen LogP contribution in [-0.4, -0.2) is 43.2 Å². The van der Waals surface area contributed by atoms with Crippen molar-refractivity contribution >= 4 is 10.2 Å². The van der Waals surface area contributed by atoms with E-state index in [0.717, 1.165) is 12.0 Å². The lowest BCUT2D eigenvalue weighted by molar-refractivity contribution is 0.210. The van der Waals surface area contributed by atoms with Gasteiger partial charge in [0.15, 0.2) is 0 Å². The molecule has 0 aromatic carbocycles. The van der Waals surface area contributed by atoms with Gasteiger partial charge in [-0.25, -0.2) is 0 Å². The maximum atomic E-state index is 12.6. The van der Waals surface area contributed by atoms with Gasteiger partial charge in [-0.05, 0) is 25.2 Å². The van der Waals surface area contributed by atoms with E-state index in [1.807, 2.05) is 13.8 Å². The van der Waals surface area contributed by atoms with Gasteiger partial charge in [0, 0.05) is 26.2 Å². The molecule has 1 rings (SSSR count). The Balaban J connectivity index is 2.86. The van der Waals surface area contributed by atoms with E-state index in [-0.39, 0.29) is 0 Å². The molecule has 0 N–H and O–H groups in total. The summed E-state index contributed by atoms with van der Waals surface area (Å²) < 4.78 is 28.3. The van der Waals surface area contributed by atoms with Gasteiger partial charge in [0.05, 0.1) is 0 Å². The van der Waals surface area contributed by atoms with Gasteiger partial charge in [-0.2, -0.15) is 17.0 Å². The second kappa shape index (κ2) is 6.17. The first kappa shape index (κ1) is 15.7. The third kappa shape index (κ3) is 3.80. The molecule has 0 aromatic rings. The molecule has 0 spiro atoms. The maximum absolute atomic E-state index is 12.6. The lowest BCUT2D eigenvalue weighted by atomic mass is 9.94. The molecule has 0 bridgehead atoms. The summed E-state index contributed by atoms with van der Waals surface area (Å²) in [4.78, 5) is 0. The van der Waals surface area contributed by atoms with Crippen LogP contribution in [0.5, 0.6) is 0 Å². The normalized spacial score (nSPS) is 26.5. The molecule has 1 aliphatic heterocycles. The Morgan fingerprint density at radius 1 is 1.33 bits per heavy atom. The standard InChI is InChI=1S/C13H26N2O2S/c1-6-14(8-11(2)3)18(16,17)15-9-12(4)7-13(5)10-15/h12-13H,2,6-10H2,1,3-5H3. The van der Waals surface area contributed by atoms with Gasteiger partial charge in [-0.15, -0.1) is 0 Å². The van der Waals surface area contributed by atoms with E-state index in [0.29, 0.717) is 38.0 Å². The van der Waals surface area contributed by atoms with Gasteiger partial charge in [-0.1, -0.05) is 32.9 Å². The predicted molar refractivity (Wildman–Crippen MR) is 75.5 cm³/mol. The average Bonchev–Trinajstić information content (AvgIpc) is 2.24. The van der Waals surface area contributed by atoms with Crippen LogP contribution in [-0.2, 0) is 10.2 Å². The summed E-state index contributed by atoms with van der Waals surface area (Å²) in [5, 5.41) is 0. The fourth-order valence-electron chi connectivity index (χ4n) is 2.62. The Morgan fingerprint density at radius 3 is 2.22 bits per heavy atom. The van der Waals surface area contributed by atoms with Crippen molar-refractivity contribution in [1.29, 1.82) is 0 Å². The summed E-state index contributed by atoms with van der Waals surface area (Å²) in [6.45, 7) is 14.0. The van der Waals surface area contributed by atoms with Crippen molar-refractivity contribution in [2.75, 3.05) is 26.2 Å². The van der Waals surface area contributed by atoms with Gasteiger partial charge in [0.25, 0.3) is 10.2 Å². The summed E-state index contributed by atoms with van der Waals surface area (Å²) >= 11 is 0. The SMILES string of the molecule is C=C(C)CN(CC)S(=O)(=O)N1CC(C)CC(C)C1. The highest BCUT2D eigenvalue weighted by Gasteiger charge is 2.33. The van der Waals surface area contributed by atoms with Crippen molar-refractivity contribution in [3.8, 4) is 0 Å². The molecule has 5 heteroatoms. The second-order valence-electron chi connectivity index (χ2n) is 5.65. The van der Waals surface area contributed by atoms with Gasteiger partial charge in [-0.3, -0.25) is 0 Å². The molecule has 0 aliphatic carbocycles. The number of hydrogen-bond donors (Lipinski definition) is 0. The van der Waals surface area contributed by atoms with Gasteiger partial charge < -0.3 is 0 Å². The van der Waals surface area contributed by atoms with Crippen molar-refractivity contribution in [2.45, 2.75) is 34.1 Å². The van der Waals surface area contributed by atoms with Gasteiger partial charge in [0.2, 0.25) is 0 Å². The van der Waals surface area contributed by atoms with Crippen LogP contribution in [0.15, 0.2) is 12.2 Å². The maximum Gasteiger partial charge on any atom is 0.282 e. The molecule has 2 atom stereocenters. The first-order valence-electron chi connectivity index (χ1n) is 6.67. The van der Waals surface area contributed by atoms with E-state index in [1.165, 1.54) is 4.31 Å². The highest BCUT2D eigenvalue weighted by Crippen LogP contribution is 2.24. The van der Waals surface area contributed by atoms with Crippen molar-refractivity contribution < 1.29 is 8.42 Å². The number of likely N-dealkylation sites (N-methyl/N-ethyl adjacent to an activating group) is 1. The monoisotopic (exact) mass is 274 g/mol. The Hall–Kier alpha value is -0.390. The fraction of sp³-hybridized carbons (Fsp3) is 0.846. The summed E-state index contributed by atoms with van der Waals surface area (Å²) in [5.74, 6) is 0.874. The minimum atomic E-state index is -3.33. The van der Waals surface area contributed by atoms with Crippen molar-refractivity contribution in [1.82, 2.24) is 8.61 Å². The van der Waals surface area contributed by atoms with Crippen molar-refractivity contribution in [3.63, 3.8) is 0 Å². The molecular formula is C13H26N2O2S. The van der Waals surface area contributed by atoms with E-state index < -0.39 is 10.2 Å². The molecule has 1 saturated heterocycles. The third-order valence-corrected chi connectivity index (χ3v) is 5.28. The molecule has 1 fully saturated rings. The Kier molecular flexibility index (Phi) is 5.37. The zero-order chi connectivity index (χ0) is 13.9. The molecule has 4 nitrogen and oxygen atoms in total. The fourth-order valence-corrected chi connectivity index (χ4v) is 4.54. The molecule has 0 aromatic heterocycles. The molecule has 18 heavy (non-hydrogen) atoms. The van der Waals surface area contributed by atoms with E-state index in [1.54, 1.807) is 4.31 Å². The summed E-state index contributed by atoms with van der Waals surface area (Å²) in [5.41, 5.74) is 0.874. The minimum absolute atomic E-state index is 0.415. The molecule has 0 amide bonds. The van der Waals surface area contributed by atoms with Crippen LogP contribution in [0.25, 0.3) is 0 Å². The average molecular weight is 274 g/mol. The Labute approximate surface area is 112 Å². The zero-order valence-corrected chi connectivity index (χ0v) is 12.8. The molecular weight excluding hydrogens is 248 g/mol. The predicted octanol–water partition coefficient (Wildman–Crippen LogP) is 2.11. The summed E-state index contributed by atoms with van der Waals surface area (Å²) in [6, 6.07) is 0. The molecule has 1 aliphatic rings. The zero-order valence-electron chi connectivity index (χ0n) is 12.0. The smallest absolute Gasteiger partial charge is 0.195 e. The van der Waals surface area contributed by atoms with Crippen LogP contribution in [0.1, 0.15) is 34.1 Å². The van der Waals surface area contributed by atoms with Crippen LogP contribution in [0, 0.1) is 11.8 Å². The van der Waals surface area contributed by atoms with Crippen LogP contribution >= 0.6 is 0 Å². The summed E-state index contributed by atoms with van der Waals surface area (Å²) in [6.07, 6.45) is 1.11. The lowest BCUT2D eigenvalue weighted by Gasteiger charge is -2.37. The first-order chi connectivity index (χ1) is 8.27. The molecule has 1 heterocycles. The summed E-state index contributed by atoms with van der Waals surface area (Å²) in [7, 11) is -3.33. The van der Waals surface area contributed by atoms with E-state index in [9.17, 15) is 8.42 Å². The largest absolute Gasteiger partial charge is 0.282 e. The van der Waals surface area contributed by atoms with Gasteiger partial charge >= 0.3 is 0 Å². The minimum Gasteiger partial charge on any atom is -0.195 e. The Bertz CT molecular complexity index is 382. The van der Waals surface area contributed by atoms with E-state index in [4.69, 9.17) is 0 Å². The first-order valence-corrected chi connectivity index (χ1v) is 8.06. The van der Waals surface area contributed by atoms with E-state index >= 15 is 0 Å². The number of rotatable bonds is 5. The number of hydrogen-bond acceptors (Lipinski definition) is 2. The number of nitrogens with zero attached hydrogens (tertiary/aromatic N) is 2. The van der Waals surface area contributed by atoms with Crippen molar-refractivity contribution in [3.05, 3.63) is 12.2 Å². The quantitative estimate of drug-likeness (QED) is 0.720.